The van der Waals surface area contributed by atoms with Crippen molar-refractivity contribution in [1.82, 2.24) is 4.90 Å². The third-order valence-corrected chi connectivity index (χ3v) is 5.45. The second-order valence-electron chi connectivity index (χ2n) is 7.15. The monoisotopic (exact) mass is 335 g/mol. The van der Waals surface area contributed by atoms with Crippen LogP contribution in [0.2, 0.25) is 0 Å². The number of likely N-dealkylation sites (tertiary alicyclic amines) is 1. The molecule has 2 heteroatoms. The van der Waals surface area contributed by atoms with Gasteiger partial charge in [0.15, 0.2) is 5.78 Å². The van der Waals surface area contributed by atoms with Crippen molar-refractivity contribution in [2.24, 2.45) is 0 Å². The van der Waals surface area contributed by atoms with Crippen molar-refractivity contribution in [3.8, 4) is 0 Å². The maximum absolute atomic E-state index is 13.7. The molecule has 1 heterocycles. The van der Waals surface area contributed by atoms with Gasteiger partial charge in [-0.25, -0.2) is 0 Å². The molecule has 2 aromatic rings. The fourth-order valence-corrected chi connectivity index (χ4v) is 4.19. The number of rotatable bonds is 7. The number of nitrogens with zero attached hydrogens (tertiary/aromatic N) is 1. The van der Waals surface area contributed by atoms with E-state index in [0.29, 0.717) is 12.3 Å². The molecule has 0 bridgehead atoms. The van der Waals surface area contributed by atoms with Gasteiger partial charge in [0.25, 0.3) is 0 Å². The Hall–Kier alpha value is -1.93. The molecule has 25 heavy (non-hydrogen) atoms. The zero-order valence-corrected chi connectivity index (χ0v) is 15.3. The first-order valence-electron chi connectivity index (χ1n) is 9.64. The largest absolute Gasteiger partial charge is 0.297 e. The van der Waals surface area contributed by atoms with Gasteiger partial charge in [-0.05, 0) is 43.5 Å². The first-order chi connectivity index (χ1) is 12.3. The quantitative estimate of drug-likeness (QED) is 0.722. The maximum Gasteiger partial charge on any atom is 0.161 e. The van der Waals surface area contributed by atoms with Crippen LogP contribution in [0.3, 0.4) is 0 Å². The highest BCUT2D eigenvalue weighted by Gasteiger charge is 2.41. The Morgan fingerprint density at radius 2 is 1.40 bits per heavy atom. The Morgan fingerprint density at radius 3 is 1.88 bits per heavy atom. The fraction of sp³-hybridized carbons (Fsp3) is 0.435. The Balaban J connectivity index is 2.02. The van der Waals surface area contributed by atoms with E-state index in [9.17, 15) is 4.79 Å². The van der Waals surface area contributed by atoms with Crippen molar-refractivity contribution >= 4 is 5.78 Å². The van der Waals surface area contributed by atoms with Crippen molar-refractivity contribution in [3.63, 3.8) is 0 Å². The van der Waals surface area contributed by atoms with Gasteiger partial charge < -0.3 is 0 Å². The van der Waals surface area contributed by atoms with Crippen LogP contribution in [0.25, 0.3) is 0 Å². The molecular weight excluding hydrogens is 306 g/mol. The van der Waals surface area contributed by atoms with Crippen LogP contribution in [0.15, 0.2) is 60.7 Å². The lowest BCUT2D eigenvalue weighted by molar-refractivity contribution is -0.124. The zero-order chi connectivity index (χ0) is 17.5. The Labute approximate surface area is 151 Å². The summed E-state index contributed by atoms with van der Waals surface area (Å²) < 4.78 is 0. The zero-order valence-electron chi connectivity index (χ0n) is 15.3. The summed E-state index contributed by atoms with van der Waals surface area (Å²) in [6.45, 7) is 4.84. The van der Waals surface area contributed by atoms with E-state index in [1.807, 2.05) is 12.1 Å². The normalized spacial score (nSPS) is 15.9. The molecule has 0 saturated carbocycles. The molecule has 0 amide bonds. The summed E-state index contributed by atoms with van der Waals surface area (Å²) in [4.78, 5) is 16.0. The number of carbonyl (C=O) groups is 1. The van der Waals surface area contributed by atoms with E-state index in [-0.39, 0.29) is 0 Å². The van der Waals surface area contributed by atoms with E-state index in [1.165, 1.54) is 19.3 Å². The van der Waals surface area contributed by atoms with Crippen LogP contribution < -0.4 is 0 Å². The van der Waals surface area contributed by atoms with Gasteiger partial charge in [-0.2, -0.15) is 0 Å². The highest BCUT2D eigenvalue weighted by molar-refractivity contribution is 5.95. The lowest BCUT2D eigenvalue weighted by atomic mass is 9.68. The minimum absolute atomic E-state index is 0.341. The molecule has 0 aliphatic carbocycles. The van der Waals surface area contributed by atoms with Gasteiger partial charge in [0.1, 0.15) is 0 Å². The number of benzene rings is 2. The number of piperidine rings is 1. The molecule has 0 atom stereocenters. The third kappa shape index (κ3) is 3.85. The van der Waals surface area contributed by atoms with Crippen molar-refractivity contribution in [2.75, 3.05) is 19.6 Å². The van der Waals surface area contributed by atoms with E-state index < -0.39 is 5.41 Å². The van der Waals surface area contributed by atoms with Crippen molar-refractivity contribution in [3.05, 3.63) is 71.8 Å². The molecule has 1 fully saturated rings. The Bertz CT molecular complexity index is 620. The number of carbonyl (C=O) groups excluding carboxylic acids is 1. The van der Waals surface area contributed by atoms with Gasteiger partial charge in [0.05, 0.1) is 12.0 Å². The molecule has 132 valence electrons. The highest BCUT2D eigenvalue weighted by atomic mass is 16.1. The van der Waals surface area contributed by atoms with E-state index in [2.05, 4.69) is 60.4 Å². The average Bonchev–Trinajstić information content (AvgIpc) is 2.68. The van der Waals surface area contributed by atoms with Gasteiger partial charge in [-0.3, -0.25) is 9.69 Å². The molecule has 1 aliphatic rings. The van der Waals surface area contributed by atoms with E-state index in [4.69, 9.17) is 0 Å². The van der Waals surface area contributed by atoms with Gasteiger partial charge in [-0.15, -0.1) is 0 Å². The fourth-order valence-electron chi connectivity index (χ4n) is 4.19. The number of ketones is 1. The molecule has 0 N–H and O–H groups in total. The van der Waals surface area contributed by atoms with Crippen LogP contribution >= 0.6 is 0 Å². The molecule has 2 aromatic carbocycles. The molecule has 2 nitrogen and oxygen atoms in total. The van der Waals surface area contributed by atoms with Crippen LogP contribution in [0.1, 0.15) is 50.2 Å². The van der Waals surface area contributed by atoms with E-state index in [0.717, 1.165) is 37.1 Å². The second kappa shape index (κ2) is 8.44. The number of Topliss-reactive ketones (excluding diaryl/α,β-unsaturated/α-hetero) is 1. The summed E-state index contributed by atoms with van der Waals surface area (Å²) in [5, 5.41) is 0. The Kier molecular flexibility index (Phi) is 6.04. The molecule has 1 saturated heterocycles. The van der Waals surface area contributed by atoms with Crippen LogP contribution in [-0.4, -0.2) is 30.3 Å². The average molecular weight is 335 g/mol. The lowest BCUT2D eigenvalue weighted by Crippen LogP contribution is -2.45. The summed E-state index contributed by atoms with van der Waals surface area (Å²) in [5.74, 6) is 0.341. The summed E-state index contributed by atoms with van der Waals surface area (Å²) in [7, 11) is 0. The maximum atomic E-state index is 13.7. The predicted octanol–water partition coefficient (Wildman–Crippen LogP) is 4.83. The van der Waals surface area contributed by atoms with E-state index >= 15 is 0 Å². The summed E-state index contributed by atoms with van der Waals surface area (Å²) in [5.41, 5.74) is 1.73. The van der Waals surface area contributed by atoms with E-state index in [1.54, 1.807) is 0 Å². The van der Waals surface area contributed by atoms with Crippen molar-refractivity contribution < 1.29 is 4.79 Å². The van der Waals surface area contributed by atoms with Gasteiger partial charge in [0.2, 0.25) is 0 Å². The number of hydrogen-bond acceptors (Lipinski definition) is 2. The first-order valence-corrected chi connectivity index (χ1v) is 9.64. The minimum Gasteiger partial charge on any atom is -0.297 e. The van der Waals surface area contributed by atoms with Crippen LogP contribution in [0.5, 0.6) is 0 Å². The molecule has 1 aliphatic heterocycles. The number of hydrogen-bond donors (Lipinski definition) is 0. The molecule has 3 rings (SSSR count). The van der Waals surface area contributed by atoms with Crippen LogP contribution in [0.4, 0.5) is 0 Å². The molecule has 0 radical (unpaired) electrons. The first kappa shape index (κ1) is 17.9. The van der Waals surface area contributed by atoms with Gasteiger partial charge >= 0.3 is 0 Å². The predicted molar refractivity (Wildman–Crippen MR) is 104 cm³/mol. The molecule has 0 unspecified atom stereocenters. The second-order valence-corrected chi connectivity index (χ2v) is 7.15. The van der Waals surface area contributed by atoms with Crippen LogP contribution in [-0.2, 0) is 10.2 Å². The standard InChI is InChI=1S/C23H29NO/c1-2-16-23(20-12-6-3-7-13-20,21-14-8-4-9-15-21)22(25)19-24-17-10-5-11-18-24/h3-4,6-9,12-15H,2,5,10-11,16-19H2,1H3. The third-order valence-electron chi connectivity index (χ3n) is 5.45. The summed E-state index contributed by atoms with van der Waals surface area (Å²) in [6.07, 6.45) is 5.56. The highest BCUT2D eigenvalue weighted by Crippen LogP contribution is 2.38. The summed E-state index contributed by atoms with van der Waals surface area (Å²) in [6, 6.07) is 20.8. The smallest absolute Gasteiger partial charge is 0.161 e. The SMILES string of the molecule is CCCC(C(=O)CN1CCCCC1)(c1ccccc1)c1ccccc1. The van der Waals surface area contributed by atoms with Gasteiger partial charge in [-0.1, -0.05) is 80.4 Å². The minimum atomic E-state index is -0.533. The molecule has 0 spiro atoms. The molecular formula is C23H29NO. The van der Waals surface area contributed by atoms with Crippen molar-refractivity contribution in [1.29, 1.82) is 0 Å². The lowest BCUT2D eigenvalue weighted by Gasteiger charge is -2.36. The van der Waals surface area contributed by atoms with Gasteiger partial charge in [0, 0.05) is 0 Å². The molecule has 0 aromatic heterocycles. The topological polar surface area (TPSA) is 20.3 Å². The van der Waals surface area contributed by atoms with Crippen LogP contribution in [0, 0.1) is 0 Å². The summed E-state index contributed by atoms with van der Waals surface area (Å²) >= 11 is 0. The Morgan fingerprint density at radius 1 is 0.880 bits per heavy atom. The van der Waals surface area contributed by atoms with Crippen molar-refractivity contribution in [2.45, 2.75) is 44.4 Å².